The second-order valence-electron chi connectivity index (χ2n) is 4.13. The third-order valence-electron chi connectivity index (χ3n) is 2.66. The molecule has 1 atom stereocenters. The molecule has 0 fully saturated rings. The Kier molecular flexibility index (Phi) is 3.72. The SMILES string of the molecule is CC(=O)NNC(=O)[C@@H]1COc2ccc(Cl)cc2C1. The number of fused-ring (bicyclic) bond motifs is 1. The van der Waals surface area contributed by atoms with Gasteiger partial charge in [-0.2, -0.15) is 0 Å². The van der Waals surface area contributed by atoms with Gasteiger partial charge in [-0.15, -0.1) is 0 Å². The summed E-state index contributed by atoms with van der Waals surface area (Å²) in [6.07, 6.45) is 0.543. The molecule has 18 heavy (non-hydrogen) atoms. The fraction of sp³-hybridized carbons (Fsp3) is 0.333. The number of halogens is 1. The molecule has 0 unspecified atom stereocenters. The van der Waals surface area contributed by atoms with Gasteiger partial charge in [0.1, 0.15) is 12.4 Å². The van der Waals surface area contributed by atoms with E-state index in [0.29, 0.717) is 18.1 Å². The largest absolute Gasteiger partial charge is 0.492 e. The summed E-state index contributed by atoms with van der Waals surface area (Å²) in [6, 6.07) is 5.33. The van der Waals surface area contributed by atoms with Gasteiger partial charge in [0.15, 0.2) is 0 Å². The minimum atomic E-state index is -0.331. The van der Waals surface area contributed by atoms with Gasteiger partial charge in [-0.3, -0.25) is 20.4 Å². The highest BCUT2D eigenvalue weighted by Gasteiger charge is 2.26. The summed E-state index contributed by atoms with van der Waals surface area (Å²) in [4.78, 5) is 22.5. The molecule has 0 radical (unpaired) electrons. The predicted molar refractivity (Wildman–Crippen MR) is 66.1 cm³/mol. The molecule has 6 heteroatoms. The number of amides is 2. The topological polar surface area (TPSA) is 67.4 Å². The summed E-state index contributed by atoms with van der Waals surface area (Å²) < 4.78 is 5.49. The molecule has 5 nitrogen and oxygen atoms in total. The summed E-state index contributed by atoms with van der Waals surface area (Å²) in [5.41, 5.74) is 5.50. The number of hydrogen-bond acceptors (Lipinski definition) is 3. The van der Waals surface area contributed by atoms with Gasteiger partial charge in [0, 0.05) is 11.9 Å². The van der Waals surface area contributed by atoms with Crippen LogP contribution in [0, 0.1) is 5.92 Å². The molecule has 96 valence electrons. The molecule has 0 saturated carbocycles. The first kappa shape index (κ1) is 12.7. The monoisotopic (exact) mass is 268 g/mol. The van der Waals surface area contributed by atoms with Crippen molar-refractivity contribution < 1.29 is 14.3 Å². The molecule has 1 aromatic carbocycles. The van der Waals surface area contributed by atoms with Gasteiger partial charge in [0.25, 0.3) is 0 Å². The smallest absolute Gasteiger partial charge is 0.245 e. The molecule has 0 aliphatic carbocycles. The van der Waals surface area contributed by atoms with Crippen LogP contribution in [0.3, 0.4) is 0 Å². The molecule has 1 aliphatic rings. The minimum Gasteiger partial charge on any atom is -0.492 e. The first-order valence-corrected chi connectivity index (χ1v) is 5.91. The van der Waals surface area contributed by atoms with Gasteiger partial charge in [-0.05, 0) is 30.2 Å². The lowest BCUT2D eigenvalue weighted by atomic mass is 9.96. The Labute approximate surface area is 109 Å². The number of carbonyl (C=O) groups excluding carboxylic acids is 2. The van der Waals surface area contributed by atoms with E-state index in [-0.39, 0.29) is 17.7 Å². The van der Waals surface area contributed by atoms with Crippen LogP contribution in [0.5, 0.6) is 5.75 Å². The summed E-state index contributed by atoms with van der Waals surface area (Å²) in [7, 11) is 0. The zero-order valence-electron chi connectivity index (χ0n) is 9.83. The molecule has 1 aliphatic heterocycles. The summed E-state index contributed by atoms with van der Waals surface area (Å²) in [6.45, 7) is 1.62. The molecule has 1 aromatic rings. The molecule has 0 saturated heterocycles. The molecule has 0 aromatic heterocycles. The van der Waals surface area contributed by atoms with Crippen LogP contribution in [-0.2, 0) is 16.0 Å². The molecule has 0 bridgehead atoms. The van der Waals surface area contributed by atoms with Gasteiger partial charge in [-0.25, -0.2) is 0 Å². The average Bonchev–Trinajstić information content (AvgIpc) is 2.34. The number of nitrogens with one attached hydrogen (secondary N) is 2. The maximum Gasteiger partial charge on any atom is 0.245 e. The lowest BCUT2D eigenvalue weighted by Gasteiger charge is -2.24. The zero-order valence-corrected chi connectivity index (χ0v) is 10.6. The molecule has 2 rings (SSSR count). The van der Waals surface area contributed by atoms with Crippen LogP contribution in [0.4, 0.5) is 0 Å². The second kappa shape index (κ2) is 5.27. The van der Waals surface area contributed by atoms with Gasteiger partial charge in [0.2, 0.25) is 11.8 Å². The highest BCUT2D eigenvalue weighted by molar-refractivity contribution is 6.30. The number of hydrazine groups is 1. The van der Waals surface area contributed by atoms with Crippen molar-refractivity contribution in [2.24, 2.45) is 5.92 Å². The van der Waals surface area contributed by atoms with Crippen LogP contribution in [0.1, 0.15) is 12.5 Å². The van der Waals surface area contributed by atoms with Crippen molar-refractivity contribution in [3.63, 3.8) is 0 Å². The van der Waals surface area contributed by atoms with Crippen molar-refractivity contribution in [2.75, 3.05) is 6.61 Å². The highest BCUT2D eigenvalue weighted by atomic mass is 35.5. The molecular weight excluding hydrogens is 256 g/mol. The number of hydrogen-bond donors (Lipinski definition) is 2. The Bertz CT molecular complexity index is 490. The molecule has 2 N–H and O–H groups in total. The van der Waals surface area contributed by atoms with Crippen LogP contribution < -0.4 is 15.6 Å². The van der Waals surface area contributed by atoms with Crippen molar-refractivity contribution in [1.82, 2.24) is 10.9 Å². The zero-order chi connectivity index (χ0) is 13.1. The van der Waals surface area contributed by atoms with Gasteiger partial charge in [-0.1, -0.05) is 11.6 Å². The van der Waals surface area contributed by atoms with Crippen LogP contribution in [-0.4, -0.2) is 18.4 Å². The van der Waals surface area contributed by atoms with E-state index in [4.69, 9.17) is 16.3 Å². The van der Waals surface area contributed by atoms with Crippen LogP contribution in [0.15, 0.2) is 18.2 Å². The van der Waals surface area contributed by atoms with E-state index in [2.05, 4.69) is 10.9 Å². The normalized spacial score (nSPS) is 17.3. The van der Waals surface area contributed by atoms with Gasteiger partial charge in [0.05, 0.1) is 5.92 Å². The van der Waals surface area contributed by atoms with E-state index in [1.807, 2.05) is 0 Å². The average molecular weight is 269 g/mol. The fourth-order valence-electron chi connectivity index (χ4n) is 1.78. The Morgan fingerprint density at radius 2 is 2.17 bits per heavy atom. The van der Waals surface area contributed by atoms with E-state index in [1.165, 1.54) is 6.92 Å². The van der Waals surface area contributed by atoms with E-state index < -0.39 is 0 Å². The quantitative estimate of drug-likeness (QED) is 0.749. The van der Waals surface area contributed by atoms with Crippen LogP contribution in [0.2, 0.25) is 5.02 Å². The summed E-state index contributed by atoms with van der Waals surface area (Å²) in [5, 5.41) is 0.611. The van der Waals surface area contributed by atoms with E-state index in [9.17, 15) is 9.59 Å². The summed E-state index contributed by atoms with van der Waals surface area (Å²) >= 11 is 5.89. The van der Waals surface area contributed by atoms with E-state index in [1.54, 1.807) is 18.2 Å². The second-order valence-corrected chi connectivity index (χ2v) is 4.57. The first-order chi connectivity index (χ1) is 8.56. The highest BCUT2D eigenvalue weighted by Crippen LogP contribution is 2.29. The van der Waals surface area contributed by atoms with E-state index in [0.717, 1.165) is 11.3 Å². The number of carbonyl (C=O) groups is 2. The maximum absolute atomic E-state index is 11.8. The minimum absolute atomic E-state index is 0.268. The predicted octanol–water partition coefficient (Wildman–Crippen LogP) is 1.06. The summed E-state index contributed by atoms with van der Waals surface area (Å²) in [5.74, 6) is -0.162. The Morgan fingerprint density at radius 3 is 2.89 bits per heavy atom. The molecule has 2 amide bonds. The molecule has 0 spiro atoms. The van der Waals surface area contributed by atoms with Crippen molar-refractivity contribution in [1.29, 1.82) is 0 Å². The van der Waals surface area contributed by atoms with Crippen molar-refractivity contribution in [2.45, 2.75) is 13.3 Å². The Balaban J connectivity index is 2.02. The number of rotatable bonds is 1. The number of benzene rings is 1. The van der Waals surface area contributed by atoms with Crippen molar-refractivity contribution >= 4 is 23.4 Å². The Hall–Kier alpha value is -1.75. The maximum atomic E-state index is 11.8. The van der Waals surface area contributed by atoms with Crippen molar-refractivity contribution in [3.8, 4) is 5.75 Å². The molecule has 1 heterocycles. The first-order valence-electron chi connectivity index (χ1n) is 5.54. The third-order valence-corrected chi connectivity index (χ3v) is 2.90. The third kappa shape index (κ3) is 2.92. The van der Waals surface area contributed by atoms with Crippen molar-refractivity contribution in [3.05, 3.63) is 28.8 Å². The lowest BCUT2D eigenvalue weighted by Crippen LogP contribution is -2.46. The Morgan fingerprint density at radius 1 is 1.39 bits per heavy atom. The van der Waals surface area contributed by atoms with Crippen LogP contribution >= 0.6 is 11.6 Å². The van der Waals surface area contributed by atoms with Crippen LogP contribution in [0.25, 0.3) is 0 Å². The fourth-order valence-corrected chi connectivity index (χ4v) is 1.98. The lowest BCUT2D eigenvalue weighted by molar-refractivity contribution is -0.131. The standard InChI is InChI=1S/C12H13ClN2O3/c1-7(16)14-15-12(17)9-4-8-5-10(13)2-3-11(8)18-6-9/h2-3,5,9H,4,6H2,1H3,(H,14,16)(H,15,17)/t9-/m0/s1. The van der Waals surface area contributed by atoms with E-state index >= 15 is 0 Å². The van der Waals surface area contributed by atoms with Gasteiger partial charge < -0.3 is 4.74 Å². The number of ether oxygens (including phenoxy) is 1. The molecular formula is C12H13ClN2O3. The van der Waals surface area contributed by atoms with Gasteiger partial charge >= 0.3 is 0 Å².